The number of likely N-dealkylation sites (N-methyl/N-ethyl adjacent to an activating group) is 1. The van der Waals surface area contributed by atoms with Crippen molar-refractivity contribution in [1.82, 2.24) is 98.8 Å². The molecule has 2 aliphatic rings. The molecule has 16 rings (SSSR count). The zero-order valence-corrected chi connectivity index (χ0v) is 67.6. The number of nitrogens with one attached hydrogen (secondary N) is 7. The molecule has 14 aromatic rings. The molecular weight excluding hydrogens is 1560 g/mol. The number of nitrogens with two attached hydrogens (primary N) is 4. The van der Waals surface area contributed by atoms with Gasteiger partial charge in [-0.3, -0.25) is 4.90 Å². The summed E-state index contributed by atoms with van der Waals surface area (Å²) in [5.74, 6) is 6.68. The molecule has 626 valence electrons. The molecule has 0 atom stereocenters. The number of nitrogen functional groups attached to an aromatic ring is 4. The molecule has 0 unspecified atom stereocenters. The number of halogens is 2. The highest BCUT2D eigenvalue weighted by Crippen LogP contribution is 2.34. The van der Waals surface area contributed by atoms with Crippen LogP contribution in [-0.4, -0.2) is 201 Å². The smallest absolute Gasteiger partial charge is 0.248 e. The van der Waals surface area contributed by atoms with Gasteiger partial charge in [-0.15, -0.1) is 20.4 Å². The van der Waals surface area contributed by atoms with E-state index in [0.717, 1.165) is 85.8 Å². The summed E-state index contributed by atoms with van der Waals surface area (Å²) >= 11 is 0. The Bertz CT molecular complexity index is 5730. The Balaban J connectivity index is 0.000000140. The van der Waals surface area contributed by atoms with Crippen LogP contribution in [-0.2, 0) is 11.3 Å². The van der Waals surface area contributed by atoms with Crippen molar-refractivity contribution in [2.45, 2.75) is 26.3 Å². The molecule has 2 saturated heterocycles. The Kier molecular flexibility index (Phi) is 27.7. The van der Waals surface area contributed by atoms with E-state index in [1.54, 1.807) is 80.9 Å². The Morgan fingerprint density at radius 2 is 0.926 bits per heavy atom. The number of benzene rings is 6. The Morgan fingerprint density at radius 3 is 1.45 bits per heavy atom. The monoisotopic (exact) mass is 1650 g/mol. The van der Waals surface area contributed by atoms with Crippen LogP contribution in [0.1, 0.15) is 24.0 Å². The molecule has 15 N–H and O–H groups in total. The number of aryl methyl sites for hydroxylation is 1. The molecule has 121 heavy (non-hydrogen) atoms. The lowest BCUT2D eigenvalue weighted by Crippen LogP contribution is -2.36. The van der Waals surface area contributed by atoms with Crippen LogP contribution in [0.5, 0.6) is 28.7 Å². The summed E-state index contributed by atoms with van der Waals surface area (Å²) in [6.07, 6.45) is 8.78. The number of hydrogen-bond acceptors (Lipinski definition) is 34. The van der Waals surface area contributed by atoms with Gasteiger partial charge in [0.25, 0.3) is 0 Å². The SMILES string of the molecule is CN(C)CCNc1cc(-n2nc(Nc3ccc(N4CCOCC4)cc3)nc2N)ccn1.COc1ccc(Nc2nc(N)n(-c3cc(Nc4cc(OC)ccc4C)ncn3)n2)c(F)c1.COc1ccc(Nc2nc(N)n(-c3cc(Nc4cc(OC)ccc4OC)ncn3)n2)c(F)c1.Nc1nc(Nc2ccc(CN3CCCC3)cc2)nn1-c1ccccn1. The molecule has 40 heteroatoms. The fourth-order valence-corrected chi connectivity index (χ4v) is 12.3. The van der Waals surface area contributed by atoms with Gasteiger partial charge in [0.1, 0.15) is 70.5 Å². The Labute approximate surface area is 694 Å². The predicted molar refractivity (Wildman–Crippen MR) is 460 cm³/mol. The van der Waals surface area contributed by atoms with E-state index in [2.05, 4.69) is 146 Å². The van der Waals surface area contributed by atoms with E-state index in [-0.39, 0.29) is 35.2 Å². The number of aromatic nitrogens is 18. The zero-order valence-electron chi connectivity index (χ0n) is 67.6. The summed E-state index contributed by atoms with van der Waals surface area (Å²) in [4.78, 5) is 49.3. The standard InChI is InChI=1S/C21H21FN8O3.C21H21FN8O2.C21H29N9O.C18H21N7/c1-31-12-4-6-15(14(22)8-12)27-21-28-20(23)30(29-21)19-10-18(24-11-25-19)26-16-9-13(32-2)5-7-17(16)33-3;1-12-4-5-14(32-3)9-17(12)26-18-10-19(25-11-24-18)30-20(23)28-21(29-30)27-16-7-6-13(31-2)8-15(16)22;1-28(2)10-9-24-19-15-18(7-8-23-19)30-20(22)26-21(27-30)25-16-3-5-17(6-4-16)29-11-13-31-14-12-29;19-17-22-18(23-25(17)16-5-1-2-10-20-16)21-15-8-6-14(7-9-15)13-24-11-3-4-12-24/h4-11H,1-3H3,(H,24,25,26)(H3,23,27,28,29);4-11H,1-3H3,(H,24,25,26)(H3,23,27,28,29);3-8,15H,9-14H2,1-2H3,(H,23,24)(H3,22,25,26,27);1-2,5-10H,3-4,11-13H2,(H3,19,21,22,23). The second-order valence-corrected chi connectivity index (χ2v) is 27.2. The van der Waals surface area contributed by atoms with Crippen molar-refractivity contribution >= 4 is 105 Å². The van der Waals surface area contributed by atoms with E-state index in [0.29, 0.717) is 81.6 Å². The minimum Gasteiger partial charge on any atom is -0.497 e. The van der Waals surface area contributed by atoms with Crippen LogP contribution in [0.15, 0.2) is 189 Å². The number of likely N-dealkylation sites (tertiary alicyclic amines) is 1. The second kappa shape index (κ2) is 40.0. The van der Waals surface area contributed by atoms with Gasteiger partial charge < -0.3 is 98.4 Å². The average Bonchev–Trinajstić information content (AvgIpc) is 1.67. The molecular formula is C81H92F2N32O6. The number of anilines is 18. The first-order valence-corrected chi connectivity index (χ1v) is 38.0. The highest BCUT2D eigenvalue weighted by Gasteiger charge is 2.20. The lowest BCUT2D eigenvalue weighted by atomic mass is 10.2. The topological polar surface area (TPSA) is 454 Å². The van der Waals surface area contributed by atoms with E-state index in [1.807, 2.05) is 93.8 Å². The van der Waals surface area contributed by atoms with E-state index < -0.39 is 11.6 Å². The predicted octanol–water partition coefficient (Wildman–Crippen LogP) is 11.3. The second-order valence-electron chi connectivity index (χ2n) is 27.2. The first kappa shape index (κ1) is 83.6. The molecule has 2 fully saturated rings. The molecule has 38 nitrogen and oxygen atoms in total. The van der Waals surface area contributed by atoms with Gasteiger partial charge in [0.05, 0.1) is 71.5 Å². The number of rotatable bonds is 28. The summed E-state index contributed by atoms with van der Waals surface area (Å²) in [5, 5.41) is 39.2. The van der Waals surface area contributed by atoms with Crippen molar-refractivity contribution < 1.29 is 37.2 Å². The van der Waals surface area contributed by atoms with E-state index >= 15 is 0 Å². The molecule has 2 aliphatic heterocycles. The maximum atomic E-state index is 14.2. The van der Waals surface area contributed by atoms with Crippen molar-refractivity contribution in [3.05, 3.63) is 212 Å². The summed E-state index contributed by atoms with van der Waals surface area (Å²) in [7, 11) is 11.7. The van der Waals surface area contributed by atoms with Gasteiger partial charge in [-0.25, -0.2) is 38.7 Å². The van der Waals surface area contributed by atoms with Gasteiger partial charge >= 0.3 is 0 Å². The van der Waals surface area contributed by atoms with Crippen LogP contribution >= 0.6 is 0 Å². The average molecular weight is 1650 g/mol. The van der Waals surface area contributed by atoms with Crippen LogP contribution in [0, 0.1) is 18.6 Å². The van der Waals surface area contributed by atoms with Crippen molar-refractivity contribution in [2.24, 2.45) is 0 Å². The highest BCUT2D eigenvalue weighted by atomic mass is 19.1. The Hall–Kier alpha value is -15.3. The molecule has 0 amide bonds. The molecule has 0 radical (unpaired) electrons. The fourth-order valence-electron chi connectivity index (χ4n) is 12.3. The molecule has 10 heterocycles. The number of methoxy groups -OCH3 is 5. The van der Waals surface area contributed by atoms with Gasteiger partial charge in [0.15, 0.2) is 17.5 Å². The van der Waals surface area contributed by atoms with Crippen molar-refractivity contribution in [1.29, 1.82) is 0 Å². The quantitative estimate of drug-likeness (QED) is 0.0217. The third kappa shape index (κ3) is 22.5. The van der Waals surface area contributed by atoms with E-state index in [4.69, 9.17) is 51.4 Å². The van der Waals surface area contributed by atoms with Crippen LogP contribution in [0.2, 0.25) is 0 Å². The number of ether oxygens (including phenoxy) is 6. The highest BCUT2D eigenvalue weighted by molar-refractivity contribution is 5.69. The minimum absolute atomic E-state index is 0.0510. The van der Waals surface area contributed by atoms with Gasteiger partial charge in [0.2, 0.25) is 47.6 Å². The normalized spacial score (nSPS) is 12.3. The Morgan fingerprint density at radius 1 is 0.430 bits per heavy atom. The molecule has 6 aromatic carbocycles. The molecule has 8 aromatic heterocycles. The van der Waals surface area contributed by atoms with Crippen molar-refractivity contribution in [3.63, 3.8) is 0 Å². The van der Waals surface area contributed by atoms with Crippen molar-refractivity contribution in [3.8, 4) is 51.9 Å². The van der Waals surface area contributed by atoms with Gasteiger partial charge in [0, 0.05) is 110 Å². The van der Waals surface area contributed by atoms with E-state index in [9.17, 15) is 8.78 Å². The summed E-state index contributed by atoms with van der Waals surface area (Å²) in [6, 6.07) is 49.0. The summed E-state index contributed by atoms with van der Waals surface area (Å²) < 4.78 is 65.6. The molecule has 0 bridgehead atoms. The fraction of sp³-hybridized carbons (Fsp3) is 0.235. The third-order valence-corrected chi connectivity index (χ3v) is 18.5. The first-order valence-electron chi connectivity index (χ1n) is 38.0. The minimum atomic E-state index is -0.523. The van der Waals surface area contributed by atoms with Gasteiger partial charge in [-0.05, 0) is 155 Å². The molecule has 0 spiro atoms. The van der Waals surface area contributed by atoms with E-state index in [1.165, 1.54) is 102 Å². The number of hydrogen-bond donors (Lipinski definition) is 11. The van der Waals surface area contributed by atoms with Crippen LogP contribution in [0.3, 0.4) is 0 Å². The first-order chi connectivity index (χ1) is 58.8. The van der Waals surface area contributed by atoms with Crippen LogP contribution in [0.25, 0.3) is 23.1 Å². The number of pyridine rings is 2. The maximum absolute atomic E-state index is 14.2. The molecule has 0 aliphatic carbocycles. The van der Waals surface area contributed by atoms with Crippen molar-refractivity contribution in [2.75, 3.05) is 167 Å². The lowest BCUT2D eigenvalue weighted by Gasteiger charge is -2.28. The number of nitrogens with zero attached hydrogens (tertiary/aromatic N) is 21. The zero-order chi connectivity index (χ0) is 84.7. The summed E-state index contributed by atoms with van der Waals surface area (Å²) in [5.41, 5.74) is 32.1. The summed E-state index contributed by atoms with van der Waals surface area (Å²) in [6.45, 7) is 10.4. The largest absolute Gasteiger partial charge is 0.497 e. The van der Waals surface area contributed by atoms with Crippen LogP contribution in [0.4, 0.5) is 114 Å². The van der Waals surface area contributed by atoms with Crippen LogP contribution < -0.4 is 88.7 Å². The molecule has 0 saturated carbocycles. The van der Waals surface area contributed by atoms with Gasteiger partial charge in [-0.1, -0.05) is 24.3 Å². The lowest BCUT2D eigenvalue weighted by molar-refractivity contribution is 0.122. The third-order valence-electron chi connectivity index (χ3n) is 18.5. The number of morpholine rings is 1. The van der Waals surface area contributed by atoms with Gasteiger partial charge in [-0.2, -0.15) is 38.7 Å². The maximum Gasteiger partial charge on any atom is 0.248 e.